The largest absolute Gasteiger partial charge is 0.495 e. The Morgan fingerprint density at radius 1 is 0.495 bits per heavy atom. The van der Waals surface area contributed by atoms with Crippen LogP contribution in [0.3, 0.4) is 0 Å². The van der Waals surface area contributed by atoms with Crippen molar-refractivity contribution in [2.45, 2.75) is 13.0 Å². The molecular formula is C71H59F3N12O9. The van der Waals surface area contributed by atoms with E-state index in [4.69, 9.17) is 35.7 Å². The molecule has 95 heavy (non-hydrogen) atoms. The van der Waals surface area contributed by atoms with Gasteiger partial charge in [-0.15, -0.1) is 0 Å². The zero-order valence-electron chi connectivity index (χ0n) is 51.4. The molecule has 0 aliphatic carbocycles. The molecule has 12 aromatic rings. The van der Waals surface area contributed by atoms with Crippen LogP contribution < -0.4 is 35.7 Å². The number of nitrogens with zero attached hydrogens (tertiary/aromatic N) is 5. The second-order valence-electron chi connectivity index (χ2n) is 20.5. The average molecular weight is 1280 g/mol. The number of fused-ring (bicyclic) bond motifs is 4. The SMILES string of the molecule is COc1c(C#N)ccc2[nH]nc(/C=C/c3cccc(F)c3)c12.COc1c(C(=O)N[C@@H](C)C(N)=O)ccc2n[nH]c(/C=C/c3ccccc3)c12.COc1c(C(=O)O)ccc2n[nH]c(/C=C/c3cccc(F)c3)c12.COc1c(C(N)=O)ccc2n[nH]c(/C=C/c3cccc(F)c3)c12. The first-order valence-corrected chi connectivity index (χ1v) is 28.7. The molecule has 8 aromatic carbocycles. The van der Waals surface area contributed by atoms with E-state index in [0.717, 1.165) is 22.0 Å². The molecule has 0 aliphatic rings. The van der Waals surface area contributed by atoms with Crippen molar-refractivity contribution in [2.75, 3.05) is 28.4 Å². The lowest BCUT2D eigenvalue weighted by atomic mass is 10.1. The Labute approximate surface area is 539 Å². The van der Waals surface area contributed by atoms with E-state index in [0.29, 0.717) is 95.0 Å². The molecule has 4 aromatic heterocycles. The molecule has 0 saturated carbocycles. The van der Waals surface area contributed by atoms with Crippen molar-refractivity contribution in [1.82, 2.24) is 46.1 Å². The van der Waals surface area contributed by atoms with Crippen molar-refractivity contribution >= 4 is 116 Å². The van der Waals surface area contributed by atoms with Crippen LogP contribution in [-0.4, -0.2) is 104 Å². The van der Waals surface area contributed by atoms with E-state index in [-0.39, 0.29) is 34.3 Å². The molecule has 0 aliphatic heterocycles. The van der Waals surface area contributed by atoms with E-state index in [9.17, 15) is 37.5 Å². The first-order chi connectivity index (χ1) is 45.9. The van der Waals surface area contributed by atoms with Gasteiger partial charge in [0.1, 0.15) is 58.1 Å². The quantitative estimate of drug-likeness (QED) is 0.0420. The Morgan fingerprint density at radius 2 is 0.916 bits per heavy atom. The monoisotopic (exact) mass is 1280 g/mol. The maximum Gasteiger partial charge on any atom is 0.339 e. The summed E-state index contributed by atoms with van der Waals surface area (Å²) in [6, 6.07) is 42.8. The van der Waals surface area contributed by atoms with Crippen LogP contribution in [0, 0.1) is 28.8 Å². The third kappa shape index (κ3) is 15.8. The first kappa shape index (κ1) is 66.4. The van der Waals surface area contributed by atoms with Crippen molar-refractivity contribution in [3.8, 4) is 29.1 Å². The highest BCUT2D eigenvalue weighted by Gasteiger charge is 2.23. The Kier molecular flexibility index (Phi) is 21.4. The van der Waals surface area contributed by atoms with E-state index < -0.39 is 29.7 Å². The number of halogens is 3. The van der Waals surface area contributed by atoms with Gasteiger partial charge < -0.3 is 40.8 Å². The molecule has 10 N–H and O–H groups in total. The maximum atomic E-state index is 13.2. The third-order valence-electron chi connectivity index (χ3n) is 14.4. The second-order valence-corrected chi connectivity index (χ2v) is 20.5. The van der Waals surface area contributed by atoms with E-state index in [2.05, 4.69) is 52.2 Å². The Hall–Kier alpha value is -13.0. The van der Waals surface area contributed by atoms with Crippen molar-refractivity contribution in [3.63, 3.8) is 0 Å². The molecule has 0 unspecified atom stereocenters. The summed E-state index contributed by atoms with van der Waals surface area (Å²) in [5.41, 5.74) is 20.1. The number of aromatic carboxylic acids is 1. The fourth-order valence-corrected chi connectivity index (χ4v) is 9.83. The van der Waals surface area contributed by atoms with Crippen LogP contribution >= 0.6 is 0 Å². The highest BCUT2D eigenvalue weighted by Crippen LogP contribution is 2.36. The van der Waals surface area contributed by atoms with Crippen molar-refractivity contribution in [3.05, 3.63) is 236 Å². The lowest BCUT2D eigenvalue weighted by Crippen LogP contribution is -2.42. The van der Waals surface area contributed by atoms with Gasteiger partial charge in [0, 0.05) is 0 Å². The highest BCUT2D eigenvalue weighted by atomic mass is 19.1. The van der Waals surface area contributed by atoms with Crippen LogP contribution in [0.5, 0.6) is 23.0 Å². The number of nitriles is 1. The summed E-state index contributed by atoms with van der Waals surface area (Å²) in [4.78, 5) is 46.6. The van der Waals surface area contributed by atoms with Gasteiger partial charge in [-0.05, 0) is 138 Å². The van der Waals surface area contributed by atoms with Gasteiger partial charge in [0.05, 0.1) is 112 Å². The molecule has 0 saturated heterocycles. The number of nitrogens with one attached hydrogen (secondary N) is 5. The van der Waals surface area contributed by atoms with Crippen LogP contribution in [-0.2, 0) is 4.79 Å². The van der Waals surface area contributed by atoms with Crippen LogP contribution in [0.15, 0.2) is 152 Å². The van der Waals surface area contributed by atoms with E-state index in [1.54, 1.807) is 115 Å². The summed E-state index contributed by atoms with van der Waals surface area (Å²) in [5, 5.41) is 52.0. The van der Waals surface area contributed by atoms with E-state index in [1.165, 1.54) is 77.8 Å². The Bertz CT molecular complexity index is 4840. The summed E-state index contributed by atoms with van der Waals surface area (Å²) >= 11 is 0. The molecule has 0 radical (unpaired) electrons. The van der Waals surface area contributed by atoms with E-state index in [1.807, 2.05) is 42.5 Å². The van der Waals surface area contributed by atoms with Gasteiger partial charge in [-0.3, -0.25) is 34.8 Å². The van der Waals surface area contributed by atoms with Crippen LogP contribution in [0.1, 0.15) is 88.6 Å². The van der Waals surface area contributed by atoms with Gasteiger partial charge in [0.15, 0.2) is 0 Å². The predicted octanol–water partition coefficient (Wildman–Crippen LogP) is 12.7. The smallest absolute Gasteiger partial charge is 0.339 e. The highest BCUT2D eigenvalue weighted by molar-refractivity contribution is 6.08. The summed E-state index contributed by atoms with van der Waals surface area (Å²) < 4.78 is 61.1. The number of carbonyl (C=O) groups excluding carboxylic acids is 3. The van der Waals surface area contributed by atoms with Gasteiger partial charge in [0.2, 0.25) is 5.91 Å². The van der Waals surface area contributed by atoms with Gasteiger partial charge in [-0.1, -0.05) is 91.0 Å². The molecular weight excluding hydrogens is 1220 g/mol. The zero-order valence-corrected chi connectivity index (χ0v) is 51.4. The normalized spacial score (nSPS) is 11.4. The average Bonchev–Trinajstić information content (AvgIpc) is 1.72. The molecule has 0 fully saturated rings. The van der Waals surface area contributed by atoms with Gasteiger partial charge in [-0.25, -0.2) is 18.0 Å². The lowest BCUT2D eigenvalue weighted by Gasteiger charge is -2.13. The fourth-order valence-electron chi connectivity index (χ4n) is 9.83. The number of hydrogen-bond donors (Lipinski definition) is 8. The number of carboxylic acids is 1. The number of ether oxygens (including phenoxy) is 4. The van der Waals surface area contributed by atoms with Crippen molar-refractivity contribution < 1.29 is 56.4 Å². The number of rotatable bonds is 17. The van der Waals surface area contributed by atoms with Crippen molar-refractivity contribution in [1.29, 1.82) is 5.26 Å². The van der Waals surface area contributed by atoms with Crippen LogP contribution in [0.25, 0.3) is 92.2 Å². The summed E-state index contributed by atoms with van der Waals surface area (Å²) in [6.45, 7) is 1.52. The number of nitrogens with two attached hydrogens (primary N) is 2. The van der Waals surface area contributed by atoms with Gasteiger partial charge in [0.25, 0.3) is 11.8 Å². The second kappa shape index (κ2) is 30.6. The van der Waals surface area contributed by atoms with Crippen molar-refractivity contribution in [2.24, 2.45) is 11.5 Å². The van der Waals surface area contributed by atoms with Crippen LogP contribution in [0.4, 0.5) is 13.2 Å². The zero-order chi connectivity index (χ0) is 67.7. The molecule has 1 atom stereocenters. The van der Waals surface area contributed by atoms with Crippen LogP contribution in [0.2, 0.25) is 0 Å². The Morgan fingerprint density at radius 3 is 1.35 bits per heavy atom. The molecule has 478 valence electrons. The minimum absolute atomic E-state index is 0.0572. The number of benzene rings is 8. The lowest BCUT2D eigenvalue weighted by molar-refractivity contribution is -0.119. The topological polar surface area (TPSA) is 328 Å². The molecule has 0 bridgehead atoms. The molecule has 3 amide bonds. The summed E-state index contributed by atoms with van der Waals surface area (Å²) in [5.74, 6) is -2.19. The number of carbonyl (C=O) groups is 4. The predicted molar refractivity (Wildman–Crippen MR) is 358 cm³/mol. The number of aromatic nitrogens is 8. The molecule has 24 heteroatoms. The molecule has 12 rings (SSSR count). The maximum absolute atomic E-state index is 13.2. The third-order valence-corrected chi connectivity index (χ3v) is 14.4. The number of amides is 3. The minimum atomic E-state index is -1.08. The number of hydrogen-bond acceptors (Lipinski definition) is 13. The molecule has 0 spiro atoms. The number of H-pyrrole nitrogens is 4. The number of aromatic amines is 4. The number of primary amides is 2. The number of methoxy groups -OCH3 is 4. The summed E-state index contributed by atoms with van der Waals surface area (Å²) in [7, 11) is 5.88. The number of carboxylic acid groups (broad SMARTS) is 1. The van der Waals surface area contributed by atoms with E-state index >= 15 is 0 Å². The summed E-state index contributed by atoms with van der Waals surface area (Å²) in [6.07, 6.45) is 14.2. The first-order valence-electron chi connectivity index (χ1n) is 28.7. The Balaban J connectivity index is 0.000000149. The minimum Gasteiger partial charge on any atom is -0.495 e. The van der Waals surface area contributed by atoms with Gasteiger partial charge in [-0.2, -0.15) is 25.7 Å². The molecule has 21 nitrogen and oxygen atoms in total. The van der Waals surface area contributed by atoms with Gasteiger partial charge >= 0.3 is 5.97 Å². The molecule has 4 heterocycles. The fraction of sp³-hybridized carbons (Fsp3) is 0.0845. The standard InChI is InChI=1S/C20H20N4O3.C17H14FN3O2.C17H12FN3O.C17H13FN2O3/c1-12(19(21)25)22-20(26)14-9-11-16-17(18(14)27-2)15(23-24-16)10-8-13-6-4-3-5-7-13;1-23-16-12(17(19)22)6-8-14-15(16)13(20-21-14)7-5-10-3-2-4-11(18)9-10;1-22-17-12(10-19)6-8-15-16(17)14(20-21-15)7-5-11-3-2-4-13(18)9-11;1-23-16-12(17(21)22)6-8-14-15(16)13(19-20-14)7-5-10-3-2-4-11(18)9-10/h3-12H,1-2H3,(H2,21,25)(H,22,26)(H,23,24);2-9H,1H3,(H2,19,22)(H,20,21);2-9H,1H3,(H,20,21);2-9H,1H3,(H,19,20)(H,21,22)/b10-8+;3*7-5+/t12-;;;/m0.../s1.